The predicted molar refractivity (Wildman–Crippen MR) is 104 cm³/mol. The summed E-state index contributed by atoms with van der Waals surface area (Å²) in [5, 5.41) is 11.0. The molecule has 7 nitrogen and oxygen atoms in total. The second kappa shape index (κ2) is 8.52. The van der Waals surface area contributed by atoms with Crippen molar-refractivity contribution in [2.45, 2.75) is 58.0 Å². The van der Waals surface area contributed by atoms with E-state index in [1.165, 1.54) is 12.8 Å². The van der Waals surface area contributed by atoms with Crippen LogP contribution in [-0.2, 0) is 6.42 Å². The maximum Gasteiger partial charge on any atom is 0.345 e. The maximum absolute atomic E-state index is 12.9. The summed E-state index contributed by atoms with van der Waals surface area (Å²) in [7, 11) is 0. The Morgan fingerprint density at radius 3 is 2.67 bits per heavy atom. The molecule has 2 aliphatic rings. The van der Waals surface area contributed by atoms with Gasteiger partial charge in [0.25, 0.3) is 5.91 Å². The molecular formula is C20H32N4O3. The van der Waals surface area contributed by atoms with Crippen LogP contribution in [0.4, 0.5) is 0 Å². The van der Waals surface area contributed by atoms with Crippen LogP contribution in [0.1, 0.15) is 62.1 Å². The van der Waals surface area contributed by atoms with E-state index in [0.717, 1.165) is 25.2 Å². The van der Waals surface area contributed by atoms with Crippen LogP contribution in [-0.4, -0.2) is 69.1 Å². The minimum atomic E-state index is -0.732. The molecule has 2 saturated heterocycles. The lowest BCUT2D eigenvalue weighted by molar-refractivity contribution is -0.00292. The normalized spacial score (nSPS) is 24.4. The van der Waals surface area contributed by atoms with Gasteiger partial charge in [0.15, 0.2) is 0 Å². The van der Waals surface area contributed by atoms with E-state index in [9.17, 15) is 14.7 Å². The lowest BCUT2D eigenvalue weighted by Crippen LogP contribution is -2.43. The van der Waals surface area contributed by atoms with E-state index < -0.39 is 11.3 Å². The summed E-state index contributed by atoms with van der Waals surface area (Å²) in [6.07, 6.45) is 5.14. The number of aromatic nitrogens is 2. The Balaban J connectivity index is 1.67. The highest BCUT2D eigenvalue weighted by Crippen LogP contribution is 2.25. The van der Waals surface area contributed by atoms with Crippen molar-refractivity contribution in [3.8, 4) is 0 Å². The van der Waals surface area contributed by atoms with Gasteiger partial charge in [0, 0.05) is 25.3 Å². The Kier molecular flexibility index (Phi) is 6.32. The highest BCUT2D eigenvalue weighted by molar-refractivity contribution is 5.92. The third-order valence-corrected chi connectivity index (χ3v) is 5.57. The molecule has 3 rings (SSSR count). The van der Waals surface area contributed by atoms with Crippen molar-refractivity contribution in [1.82, 2.24) is 19.8 Å². The number of H-pyrrole nitrogens is 1. The summed E-state index contributed by atoms with van der Waals surface area (Å²) in [6.45, 7) is 8.02. The molecule has 0 bridgehead atoms. The van der Waals surface area contributed by atoms with Crippen LogP contribution in [0.5, 0.6) is 0 Å². The van der Waals surface area contributed by atoms with E-state index in [0.29, 0.717) is 44.8 Å². The third-order valence-electron chi connectivity index (χ3n) is 5.57. The summed E-state index contributed by atoms with van der Waals surface area (Å²) >= 11 is 0. The van der Waals surface area contributed by atoms with Crippen LogP contribution in [0.3, 0.4) is 0 Å². The molecule has 150 valence electrons. The molecule has 1 amide bonds. The van der Waals surface area contributed by atoms with Crippen molar-refractivity contribution in [3.63, 3.8) is 0 Å². The summed E-state index contributed by atoms with van der Waals surface area (Å²) in [5.41, 5.74) is -0.256. The van der Waals surface area contributed by atoms with Crippen LogP contribution in [0.15, 0.2) is 10.9 Å². The predicted octanol–water partition coefficient (Wildman–Crippen LogP) is 1.42. The average Bonchev–Trinajstić information content (AvgIpc) is 3.01. The first-order valence-electron chi connectivity index (χ1n) is 10.2. The van der Waals surface area contributed by atoms with E-state index >= 15 is 0 Å². The minimum Gasteiger partial charge on any atom is -0.388 e. The number of carbonyl (C=O) groups excluding carboxylic acids is 1. The number of β-amino-alcohol motifs (C(OH)–C–C–N with tert-alkyl or cyclic N) is 1. The van der Waals surface area contributed by atoms with Gasteiger partial charge < -0.3 is 19.9 Å². The zero-order chi connectivity index (χ0) is 19.4. The fourth-order valence-electron chi connectivity index (χ4n) is 4.23. The molecule has 0 spiro atoms. The van der Waals surface area contributed by atoms with Gasteiger partial charge in [-0.15, -0.1) is 0 Å². The Morgan fingerprint density at radius 1 is 1.22 bits per heavy atom. The minimum absolute atomic E-state index is 0.208. The maximum atomic E-state index is 12.9. The second-order valence-corrected chi connectivity index (χ2v) is 8.55. The Labute approximate surface area is 160 Å². The number of carbonyl (C=O) groups is 1. The van der Waals surface area contributed by atoms with Gasteiger partial charge in [0.1, 0.15) is 5.69 Å². The van der Waals surface area contributed by atoms with E-state index in [1.807, 2.05) is 0 Å². The van der Waals surface area contributed by atoms with Crippen LogP contribution in [0.2, 0.25) is 0 Å². The highest BCUT2D eigenvalue weighted by atomic mass is 16.3. The van der Waals surface area contributed by atoms with Crippen molar-refractivity contribution in [2.24, 2.45) is 5.92 Å². The molecule has 7 heteroatoms. The quantitative estimate of drug-likeness (QED) is 0.811. The number of aliphatic hydroxyl groups is 1. The first-order chi connectivity index (χ1) is 12.8. The summed E-state index contributed by atoms with van der Waals surface area (Å²) < 4.78 is 0. The van der Waals surface area contributed by atoms with Gasteiger partial charge in [-0.25, -0.2) is 4.79 Å². The number of rotatable bonds is 5. The lowest BCUT2D eigenvalue weighted by Gasteiger charge is -2.31. The van der Waals surface area contributed by atoms with E-state index in [2.05, 4.69) is 28.7 Å². The molecule has 1 aromatic rings. The third kappa shape index (κ3) is 5.39. The summed E-state index contributed by atoms with van der Waals surface area (Å²) in [4.78, 5) is 35.5. The summed E-state index contributed by atoms with van der Waals surface area (Å²) in [5.74, 6) is 0.168. The van der Waals surface area contributed by atoms with Gasteiger partial charge >= 0.3 is 5.69 Å². The van der Waals surface area contributed by atoms with E-state index in [-0.39, 0.29) is 11.6 Å². The van der Waals surface area contributed by atoms with Crippen LogP contribution in [0, 0.1) is 5.92 Å². The molecule has 27 heavy (non-hydrogen) atoms. The highest BCUT2D eigenvalue weighted by Gasteiger charge is 2.34. The van der Waals surface area contributed by atoms with Crippen molar-refractivity contribution >= 4 is 5.91 Å². The number of hydrogen-bond acceptors (Lipinski definition) is 5. The molecule has 0 saturated carbocycles. The number of likely N-dealkylation sites (tertiary alicyclic amines) is 2. The molecule has 1 aromatic heterocycles. The first-order valence-corrected chi connectivity index (χ1v) is 10.2. The van der Waals surface area contributed by atoms with Crippen molar-refractivity contribution in [2.75, 3.05) is 32.7 Å². The van der Waals surface area contributed by atoms with Gasteiger partial charge in [-0.05, 0) is 63.6 Å². The van der Waals surface area contributed by atoms with Gasteiger partial charge in [-0.3, -0.25) is 4.79 Å². The second-order valence-electron chi connectivity index (χ2n) is 8.55. The monoisotopic (exact) mass is 376 g/mol. The SMILES string of the molecule is CC(C)Cc1cc(C(=O)N2CCC[C@](O)(CN3CCCC3)CC2)nc(=O)[nH]1. The summed E-state index contributed by atoms with van der Waals surface area (Å²) in [6, 6.07) is 1.70. The molecule has 0 aromatic carbocycles. The molecule has 3 heterocycles. The fourth-order valence-corrected chi connectivity index (χ4v) is 4.23. The average molecular weight is 377 g/mol. The van der Waals surface area contributed by atoms with Crippen LogP contribution in [0.25, 0.3) is 0 Å². The Bertz CT molecular complexity index is 711. The van der Waals surface area contributed by atoms with Gasteiger partial charge in [-0.1, -0.05) is 13.8 Å². The largest absolute Gasteiger partial charge is 0.388 e. The van der Waals surface area contributed by atoms with E-state index in [4.69, 9.17) is 0 Å². The molecule has 1 atom stereocenters. The molecule has 2 aliphatic heterocycles. The Morgan fingerprint density at radius 2 is 1.96 bits per heavy atom. The topological polar surface area (TPSA) is 89.5 Å². The molecule has 0 aliphatic carbocycles. The first kappa shape index (κ1) is 20.0. The number of nitrogens with one attached hydrogen (secondary N) is 1. The zero-order valence-electron chi connectivity index (χ0n) is 16.5. The van der Waals surface area contributed by atoms with Crippen LogP contribution >= 0.6 is 0 Å². The van der Waals surface area contributed by atoms with Crippen molar-refractivity contribution in [1.29, 1.82) is 0 Å². The van der Waals surface area contributed by atoms with Crippen LogP contribution < -0.4 is 5.69 Å². The van der Waals surface area contributed by atoms with E-state index in [1.54, 1.807) is 11.0 Å². The molecule has 2 N–H and O–H groups in total. The molecular weight excluding hydrogens is 344 g/mol. The standard InChI is InChI=1S/C20H32N4O3/c1-15(2)12-16-13-17(22-19(26)21-16)18(25)24-10-5-6-20(27,7-11-24)14-23-8-3-4-9-23/h13,15,27H,3-12,14H2,1-2H3,(H,21,22,26)/t20-/m1/s1. The number of aromatic amines is 1. The smallest absolute Gasteiger partial charge is 0.345 e. The molecule has 0 unspecified atom stereocenters. The number of hydrogen-bond donors (Lipinski definition) is 2. The number of nitrogens with zero attached hydrogens (tertiary/aromatic N) is 3. The number of amides is 1. The molecule has 2 fully saturated rings. The van der Waals surface area contributed by atoms with Gasteiger partial charge in [0.2, 0.25) is 0 Å². The fraction of sp³-hybridized carbons (Fsp3) is 0.750. The van der Waals surface area contributed by atoms with Crippen molar-refractivity contribution < 1.29 is 9.90 Å². The molecule has 0 radical (unpaired) electrons. The van der Waals surface area contributed by atoms with Gasteiger partial charge in [0.05, 0.1) is 5.60 Å². The van der Waals surface area contributed by atoms with Crippen molar-refractivity contribution in [3.05, 3.63) is 27.9 Å². The van der Waals surface area contributed by atoms with Gasteiger partial charge in [-0.2, -0.15) is 4.98 Å². The lowest BCUT2D eigenvalue weighted by atomic mass is 9.94. The Hall–Kier alpha value is -1.73. The zero-order valence-corrected chi connectivity index (χ0v) is 16.5.